The molecule has 0 N–H and O–H groups in total. The first-order chi connectivity index (χ1) is 12.0. The van der Waals surface area contributed by atoms with Crippen molar-refractivity contribution in [1.29, 1.82) is 0 Å². The lowest BCUT2D eigenvalue weighted by Crippen LogP contribution is -2.10. The second-order valence-electron chi connectivity index (χ2n) is 5.51. The Labute approximate surface area is 155 Å². The van der Waals surface area contributed by atoms with Crippen molar-refractivity contribution in [2.45, 2.75) is 23.9 Å². The quantitative estimate of drug-likeness (QED) is 0.564. The molecule has 1 heterocycles. The molecule has 4 nitrogen and oxygen atoms in total. The molecular weight excluding hydrogens is 361 g/mol. The third-order valence-electron chi connectivity index (χ3n) is 3.63. The van der Waals surface area contributed by atoms with Crippen molar-refractivity contribution in [3.63, 3.8) is 0 Å². The molecule has 25 heavy (non-hydrogen) atoms. The van der Waals surface area contributed by atoms with Gasteiger partial charge in [-0.15, -0.1) is 10.2 Å². The molecular formula is C18H17ClFN3OS. The average molecular weight is 378 g/mol. The van der Waals surface area contributed by atoms with E-state index >= 15 is 0 Å². The Kier molecular flexibility index (Phi) is 5.60. The Morgan fingerprint density at radius 3 is 2.76 bits per heavy atom. The monoisotopic (exact) mass is 377 g/mol. The molecule has 1 aromatic heterocycles. The van der Waals surface area contributed by atoms with Gasteiger partial charge in [0.2, 0.25) is 0 Å². The van der Waals surface area contributed by atoms with E-state index in [1.807, 2.05) is 42.8 Å². The fourth-order valence-electron chi connectivity index (χ4n) is 2.36. The second-order valence-corrected chi connectivity index (χ2v) is 6.86. The van der Waals surface area contributed by atoms with Crippen LogP contribution in [0.15, 0.2) is 53.7 Å². The van der Waals surface area contributed by atoms with Crippen LogP contribution < -0.4 is 4.74 Å². The molecule has 3 aromatic rings. The summed E-state index contributed by atoms with van der Waals surface area (Å²) in [5.41, 5.74) is 0.898. The highest BCUT2D eigenvalue weighted by molar-refractivity contribution is 7.98. The first kappa shape index (κ1) is 17.8. The fourth-order valence-corrected chi connectivity index (χ4v) is 3.41. The summed E-state index contributed by atoms with van der Waals surface area (Å²) >= 11 is 7.63. The Bertz CT molecular complexity index is 871. The molecule has 2 aromatic carbocycles. The van der Waals surface area contributed by atoms with Gasteiger partial charge in [-0.05, 0) is 36.8 Å². The zero-order chi connectivity index (χ0) is 17.8. The van der Waals surface area contributed by atoms with Crippen LogP contribution in [-0.4, -0.2) is 14.8 Å². The van der Waals surface area contributed by atoms with Gasteiger partial charge in [-0.2, -0.15) is 0 Å². The normalized spacial score (nSPS) is 12.2. The lowest BCUT2D eigenvalue weighted by atomic mass is 10.2. The van der Waals surface area contributed by atoms with Crippen LogP contribution in [-0.2, 0) is 12.8 Å². The lowest BCUT2D eigenvalue weighted by Gasteiger charge is -2.15. The molecule has 0 saturated carbocycles. The van der Waals surface area contributed by atoms with Crippen LogP contribution in [0.1, 0.15) is 24.4 Å². The van der Waals surface area contributed by atoms with Crippen LogP contribution >= 0.6 is 23.4 Å². The zero-order valence-electron chi connectivity index (χ0n) is 13.8. The van der Waals surface area contributed by atoms with Gasteiger partial charge in [0, 0.05) is 12.8 Å². The summed E-state index contributed by atoms with van der Waals surface area (Å²) in [6.07, 6.45) is -0.305. The maximum atomic E-state index is 13.3. The molecule has 0 saturated heterocycles. The van der Waals surface area contributed by atoms with Gasteiger partial charge in [-0.3, -0.25) is 0 Å². The van der Waals surface area contributed by atoms with Crippen LogP contribution in [0.2, 0.25) is 5.02 Å². The lowest BCUT2D eigenvalue weighted by molar-refractivity contribution is 0.211. The van der Waals surface area contributed by atoms with Gasteiger partial charge in [-0.1, -0.05) is 47.6 Å². The highest BCUT2D eigenvalue weighted by atomic mass is 35.5. The average Bonchev–Trinajstić information content (AvgIpc) is 2.96. The summed E-state index contributed by atoms with van der Waals surface area (Å²) in [4.78, 5) is 0. The summed E-state index contributed by atoms with van der Waals surface area (Å²) < 4.78 is 21.0. The van der Waals surface area contributed by atoms with E-state index in [4.69, 9.17) is 16.3 Å². The first-order valence-corrected chi connectivity index (χ1v) is 9.08. The summed E-state index contributed by atoms with van der Waals surface area (Å²) in [5, 5.41) is 9.73. The van der Waals surface area contributed by atoms with Crippen molar-refractivity contribution in [3.8, 4) is 5.75 Å². The Morgan fingerprint density at radius 2 is 2.00 bits per heavy atom. The van der Waals surface area contributed by atoms with E-state index in [1.54, 1.807) is 12.1 Å². The van der Waals surface area contributed by atoms with Gasteiger partial charge in [0.1, 0.15) is 11.6 Å². The number of aromatic nitrogens is 3. The third kappa shape index (κ3) is 4.32. The minimum atomic E-state index is -0.305. The number of hydrogen-bond donors (Lipinski definition) is 0. The third-order valence-corrected chi connectivity index (χ3v) is 5.03. The molecule has 0 amide bonds. The van der Waals surface area contributed by atoms with Crippen LogP contribution in [0.3, 0.4) is 0 Å². The molecule has 0 aliphatic rings. The molecule has 1 unspecified atom stereocenters. The number of ether oxygens (including phenoxy) is 1. The summed E-state index contributed by atoms with van der Waals surface area (Å²) in [7, 11) is 1.88. The molecule has 0 bridgehead atoms. The molecule has 0 aliphatic carbocycles. The van der Waals surface area contributed by atoms with Crippen LogP contribution in [0.25, 0.3) is 0 Å². The minimum absolute atomic E-state index is 0.237. The van der Waals surface area contributed by atoms with E-state index in [2.05, 4.69) is 10.2 Å². The molecule has 0 spiro atoms. The minimum Gasteiger partial charge on any atom is -0.481 e. The van der Waals surface area contributed by atoms with Gasteiger partial charge in [0.15, 0.2) is 17.1 Å². The fraction of sp³-hybridized carbons (Fsp3) is 0.222. The number of nitrogens with zero attached hydrogens (tertiary/aromatic N) is 3. The molecule has 0 radical (unpaired) electrons. The largest absolute Gasteiger partial charge is 0.481 e. The first-order valence-electron chi connectivity index (χ1n) is 7.72. The molecule has 130 valence electrons. The maximum Gasteiger partial charge on any atom is 0.191 e. The van der Waals surface area contributed by atoms with E-state index < -0.39 is 0 Å². The van der Waals surface area contributed by atoms with Crippen molar-refractivity contribution in [1.82, 2.24) is 14.8 Å². The summed E-state index contributed by atoms with van der Waals surface area (Å²) in [6, 6.07) is 13.8. The van der Waals surface area contributed by atoms with Crippen molar-refractivity contribution in [2.24, 2.45) is 7.05 Å². The molecule has 7 heteroatoms. The molecule has 0 aliphatic heterocycles. The number of para-hydroxylation sites is 1. The predicted octanol–water partition coefficient (Wildman–Crippen LogP) is 5.04. The van der Waals surface area contributed by atoms with Gasteiger partial charge in [0.05, 0.1) is 5.02 Å². The number of hydrogen-bond acceptors (Lipinski definition) is 4. The van der Waals surface area contributed by atoms with Gasteiger partial charge >= 0.3 is 0 Å². The maximum absolute atomic E-state index is 13.3. The molecule has 3 rings (SSSR count). The summed E-state index contributed by atoms with van der Waals surface area (Å²) in [6.45, 7) is 1.90. The topological polar surface area (TPSA) is 39.9 Å². The summed E-state index contributed by atoms with van der Waals surface area (Å²) in [5.74, 6) is 1.68. The van der Waals surface area contributed by atoms with Crippen molar-refractivity contribution >= 4 is 23.4 Å². The number of thioether (sulfide) groups is 1. The molecule has 1 atom stereocenters. The Hall–Kier alpha value is -2.05. The number of benzene rings is 2. The zero-order valence-corrected chi connectivity index (χ0v) is 15.4. The van der Waals surface area contributed by atoms with E-state index in [0.29, 0.717) is 22.3 Å². The van der Waals surface area contributed by atoms with Crippen LogP contribution in [0, 0.1) is 5.82 Å². The number of rotatable bonds is 6. The Balaban J connectivity index is 1.69. The van der Waals surface area contributed by atoms with Crippen LogP contribution in [0.5, 0.6) is 5.75 Å². The van der Waals surface area contributed by atoms with Crippen molar-refractivity contribution < 1.29 is 9.13 Å². The van der Waals surface area contributed by atoms with Crippen molar-refractivity contribution in [3.05, 3.63) is 70.8 Å². The molecule has 0 fully saturated rings. The van der Waals surface area contributed by atoms with Gasteiger partial charge in [0.25, 0.3) is 0 Å². The SMILES string of the molecule is CC(Oc1ccccc1Cl)c1nnc(SCc2cccc(F)c2)n1C. The van der Waals surface area contributed by atoms with Gasteiger partial charge in [-0.25, -0.2) is 4.39 Å². The van der Waals surface area contributed by atoms with E-state index in [1.165, 1.54) is 23.9 Å². The van der Waals surface area contributed by atoms with E-state index in [-0.39, 0.29) is 11.9 Å². The highest BCUT2D eigenvalue weighted by Crippen LogP contribution is 2.29. The van der Waals surface area contributed by atoms with Gasteiger partial charge < -0.3 is 9.30 Å². The van der Waals surface area contributed by atoms with E-state index in [9.17, 15) is 4.39 Å². The predicted molar refractivity (Wildman–Crippen MR) is 97.5 cm³/mol. The van der Waals surface area contributed by atoms with Crippen molar-refractivity contribution in [2.75, 3.05) is 0 Å². The highest BCUT2D eigenvalue weighted by Gasteiger charge is 2.18. The number of halogens is 2. The standard InChI is InChI=1S/C18H17ClFN3OS/c1-12(24-16-9-4-3-8-15(16)19)17-21-22-18(23(17)2)25-11-13-6-5-7-14(20)10-13/h3-10,12H,11H2,1-2H3. The van der Waals surface area contributed by atoms with Crippen LogP contribution in [0.4, 0.5) is 4.39 Å². The Morgan fingerprint density at radius 1 is 1.20 bits per heavy atom. The second kappa shape index (κ2) is 7.89. The van der Waals surface area contributed by atoms with E-state index in [0.717, 1.165) is 10.7 Å². The smallest absolute Gasteiger partial charge is 0.191 e.